The summed E-state index contributed by atoms with van der Waals surface area (Å²) in [6.45, 7) is 1.79. The highest BCUT2D eigenvalue weighted by Crippen LogP contribution is 2.31. The van der Waals surface area contributed by atoms with Gasteiger partial charge in [-0.15, -0.1) is 0 Å². The summed E-state index contributed by atoms with van der Waals surface area (Å²) in [7, 11) is 0. The minimum atomic E-state index is -0.0764. The summed E-state index contributed by atoms with van der Waals surface area (Å²) in [6, 6.07) is 15.4. The number of hydrogen-bond acceptors (Lipinski definition) is 4. The maximum absolute atomic E-state index is 5.79. The van der Waals surface area contributed by atoms with Gasteiger partial charge in [-0.1, -0.05) is 18.2 Å². The lowest BCUT2D eigenvalue weighted by Crippen LogP contribution is -2.24. The Labute approximate surface area is 150 Å². The van der Waals surface area contributed by atoms with Crippen molar-refractivity contribution in [1.82, 2.24) is 0 Å². The lowest BCUT2D eigenvalue weighted by atomic mass is 10.2. The molecule has 1 unspecified atom stereocenters. The summed E-state index contributed by atoms with van der Waals surface area (Å²) in [6.07, 6.45) is 3.18. The van der Waals surface area contributed by atoms with E-state index < -0.39 is 0 Å². The Morgan fingerprint density at radius 1 is 1.00 bits per heavy atom. The maximum atomic E-state index is 5.79. The van der Waals surface area contributed by atoms with Gasteiger partial charge in [0.2, 0.25) is 0 Å². The zero-order chi connectivity index (χ0) is 16.6. The minimum Gasteiger partial charge on any atom is -0.490 e. The molecule has 0 bridgehead atoms. The second-order valence-electron chi connectivity index (χ2n) is 5.52. The Kier molecular flexibility index (Phi) is 6.52. The SMILES string of the molecule is Brc1cc(Oc2ccccc2)ccc1OCCOC1CCCCO1. The maximum Gasteiger partial charge on any atom is 0.157 e. The van der Waals surface area contributed by atoms with Gasteiger partial charge in [-0.05, 0) is 65.5 Å². The fourth-order valence-corrected chi connectivity index (χ4v) is 2.93. The van der Waals surface area contributed by atoms with Crippen molar-refractivity contribution >= 4 is 15.9 Å². The number of ether oxygens (including phenoxy) is 4. The number of para-hydroxylation sites is 1. The largest absolute Gasteiger partial charge is 0.490 e. The molecule has 0 amide bonds. The van der Waals surface area contributed by atoms with Crippen molar-refractivity contribution in [3.8, 4) is 17.2 Å². The summed E-state index contributed by atoms with van der Waals surface area (Å²) >= 11 is 3.52. The molecule has 1 atom stereocenters. The zero-order valence-electron chi connectivity index (χ0n) is 13.4. The van der Waals surface area contributed by atoms with Gasteiger partial charge in [-0.25, -0.2) is 0 Å². The molecule has 3 rings (SSSR count). The fourth-order valence-electron chi connectivity index (χ4n) is 2.46. The van der Waals surface area contributed by atoms with Crippen LogP contribution in [0.2, 0.25) is 0 Å². The van der Waals surface area contributed by atoms with Crippen LogP contribution >= 0.6 is 15.9 Å². The van der Waals surface area contributed by atoms with E-state index in [9.17, 15) is 0 Å². The van der Waals surface area contributed by atoms with Crippen molar-refractivity contribution in [1.29, 1.82) is 0 Å². The molecule has 1 heterocycles. The molecule has 1 saturated heterocycles. The molecule has 2 aromatic rings. The van der Waals surface area contributed by atoms with Crippen LogP contribution in [0.5, 0.6) is 17.2 Å². The Balaban J connectivity index is 1.46. The molecule has 128 valence electrons. The molecule has 2 aromatic carbocycles. The smallest absolute Gasteiger partial charge is 0.157 e. The van der Waals surface area contributed by atoms with Gasteiger partial charge in [-0.2, -0.15) is 0 Å². The third-order valence-corrected chi connectivity index (χ3v) is 4.28. The molecule has 0 aromatic heterocycles. The zero-order valence-corrected chi connectivity index (χ0v) is 15.0. The minimum absolute atomic E-state index is 0.0764. The average Bonchev–Trinajstić information content (AvgIpc) is 2.62. The molecule has 0 radical (unpaired) electrons. The second kappa shape index (κ2) is 9.06. The molecule has 24 heavy (non-hydrogen) atoms. The first kappa shape index (κ1) is 17.3. The standard InChI is InChI=1S/C19H21BrO4/c20-17-14-16(24-15-6-2-1-3-7-15)9-10-18(17)21-12-13-23-19-8-4-5-11-22-19/h1-3,6-7,9-10,14,19H,4-5,8,11-13H2. The number of rotatable bonds is 7. The summed E-state index contributed by atoms with van der Waals surface area (Å²) in [4.78, 5) is 0. The van der Waals surface area contributed by atoms with Crippen LogP contribution in [-0.2, 0) is 9.47 Å². The van der Waals surface area contributed by atoms with Crippen molar-refractivity contribution in [2.24, 2.45) is 0 Å². The van der Waals surface area contributed by atoms with Crippen molar-refractivity contribution < 1.29 is 18.9 Å². The fraction of sp³-hybridized carbons (Fsp3) is 0.368. The van der Waals surface area contributed by atoms with Crippen LogP contribution in [0, 0.1) is 0 Å². The van der Waals surface area contributed by atoms with Crippen LogP contribution in [0.1, 0.15) is 19.3 Å². The van der Waals surface area contributed by atoms with E-state index in [1.54, 1.807) is 0 Å². The molecular weight excluding hydrogens is 372 g/mol. The van der Waals surface area contributed by atoms with Crippen molar-refractivity contribution in [2.45, 2.75) is 25.6 Å². The molecule has 0 spiro atoms. The Bertz CT molecular complexity index is 627. The van der Waals surface area contributed by atoms with Crippen molar-refractivity contribution in [2.75, 3.05) is 19.8 Å². The highest BCUT2D eigenvalue weighted by atomic mass is 79.9. The molecular formula is C19H21BrO4. The van der Waals surface area contributed by atoms with Crippen molar-refractivity contribution in [3.63, 3.8) is 0 Å². The van der Waals surface area contributed by atoms with E-state index in [4.69, 9.17) is 18.9 Å². The highest BCUT2D eigenvalue weighted by Gasteiger charge is 2.13. The third kappa shape index (κ3) is 5.23. The van der Waals surface area contributed by atoms with Crippen LogP contribution in [0.25, 0.3) is 0 Å². The Hall–Kier alpha value is -1.56. The van der Waals surface area contributed by atoms with E-state index in [2.05, 4.69) is 15.9 Å². The van der Waals surface area contributed by atoms with Crippen molar-refractivity contribution in [3.05, 3.63) is 53.0 Å². The van der Waals surface area contributed by atoms with E-state index in [1.807, 2.05) is 48.5 Å². The first-order valence-electron chi connectivity index (χ1n) is 8.20. The van der Waals surface area contributed by atoms with Gasteiger partial charge in [-0.3, -0.25) is 0 Å². The molecule has 5 heteroatoms. The predicted molar refractivity (Wildman–Crippen MR) is 95.7 cm³/mol. The Morgan fingerprint density at radius 3 is 2.62 bits per heavy atom. The van der Waals surface area contributed by atoms with Gasteiger partial charge in [0.1, 0.15) is 23.9 Å². The van der Waals surface area contributed by atoms with E-state index in [0.29, 0.717) is 13.2 Å². The van der Waals surface area contributed by atoms with Crippen LogP contribution in [0.15, 0.2) is 53.0 Å². The molecule has 1 aliphatic heterocycles. The summed E-state index contributed by atoms with van der Waals surface area (Å²) in [5.74, 6) is 2.33. The summed E-state index contributed by atoms with van der Waals surface area (Å²) < 4.78 is 23.6. The topological polar surface area (TPSA) is 36.9 Å². The molecule has 4 nitrogen and oxygen atoms in total. The van der Waals surface area contributed by atoms with Gasteiger partial charge in [0.25, 0.3) is 0 Å². The predicted octanol–water partition coefficient (Wildman–Crippen LogP) is 5.16. The van der Waals surface area contributed by atoms with Gasteiger partial charge >= 0.3 is 0 Å². The molecule has 1 fully saturated rings. The quantitative estimate of drug-likeness (QED) is 0.609. The van der Waals surface area contributed by atoms with Gasteiger partial charge in [0, 0.05) is 6.61 Å². The van der Waals surface area contributed by atoms with E-state index in [0.717, 1.165) is 41.2 Å². The lowest BCUT2D eigenvalue weighted by Gasteiger charge is -2.22. The monoisotopic (exact) mass is 392 g/mol. The molecule has 0 aliphatic carbocycles. The third-order valence-electron chi connectivity index (χ3n) is 3.66. The number of halogens is 1. The highest BCUT2D eigenvalue weighted by molar-refractivity contribution is 9.10. The first-order valence-corrected chi connectivity index (χ1v) is 8.99. The van der Waals surface area contributed by atoms with Crippen LogP contribution in [0.3, 0.4) is 0 Å². The van der Waals surface area contributed by atoms with Crippen LogP contribution in [0.4, 0.5) is 0 Å². The normalized spacial score (nSPS) is 17.5. The number of benzene rings is 2. The van der Waals surface area contributed by atoms with Crippen LogP contribution in [-0.4, -0.2) is 26.1 Å². The molecule has 0 N–H and O–H groups in total. The Morgan fingerprint density at radius 2 is 1.88 bits per heavy atom. The van der Waals surface area contributed by atoms with Gasteiger partial charge < -0.3 is 18.9 Å². The van der Waals surface area contributed by atoms with Gasteiger partial charge in [0.15, 0.2) is 6.29 Å². The van der Waals surface area contributed by atoms with E-state index in [1.165, 1.54) is 6.42 Å². The average molecular weight is 393 g/mol. The number of hydrogen-bond donors (Lipinski definition) is 0. The van der Waals surface area contributed by atoms with Crippen LogP contribution < -0.4 is 9.47 Å². The second-order valence-corrected chi connectivity index (χ2v) is 6.38. The summed E-state index contributed by atoms with van der Waals surface area (Å²) in [5.41, 5.74) is 0. The van der Waals surface area contributed by atoms with E-state index in [-0.39, 0.29) is 6.29 Å². The summed E-state index contributed by atoms with van der Waals surface area (Å²) in [5, 5.41) is 0. The lowest BCUT2D eigenvalue weighted by molar-refractivity contribution is -0.165. The molecule has 0 saturated carbocycles. The van der Waals surface area contributed by atoms with Gasteiger partial charge in [0.05, 0.1) is 11.1 Å². The molecule has 1 aliphatic rings. The van der Waals surface area contributed by atoms with E-state index >= 15 is 0 Å². The first-order chi connectivity index (χ1) is 11.8.